The van der Waals surface area contributed by atoms with Crippen LogP contribution >= 0.6 is 15.9 Å². The Labute approximate surface area is 102 Å². The van der Waals surface area contributed by atoms with Crippen molar-refractivity contribution < 1.29 is 9.13 Å². The Morgan fingerprint density at radius 3 is 2.44 bits per heavy atom. The number of hydrogen-bond donors (Lipinski definition) is 2. The minimum Gasteiger partial charge on any atom is -0.485 e. The van der Waals surface area contributed by atoms with Crippen molar-refractivity contribution in [1.29, 1.82) is 5.41 Å². The lowest BCUT2D eigenvalue weighted by Crippen LogP contribution is -2.24. The van der Waals surface area contributed by atoms with Crippen LogP contribution in [0.5, 0.6) is 5.75 Å². The van der Waals surface area contributed by atoms with Crippen molar-refractivity contribution in [3.8, 4) is 5.75 Å². The average Bonchev–Trinajstić information content (AvgIpc) is 2.10. The van der Waals surface area contributed by atoms with Crippen molar-refractivity contribution in [2.24, 2.45) is 5.73 Å². The van der Waals surface area contributed by atoms with Gasteiger partial charge in [-0.1, -0.05) is 0 Å². The summed E-state index contributed by atoms with van der Waals surface area (Å²) < 4.78 is 19.4. The van der Waals surface area contributed by atoms with E-state index in [-0.39, 0.29) is 16.1 Å². The highest BCUT2D eigenvalue weighted by Crippen LogP contribution is 2.30. The summed E-state index contributed by atoms with van der Waals surface area (Å²) in [6.45, 7) is 5.50. The molecule has 5 heteroatoms. The summed E-state index contributed by atoms with van der Waals surface area (Å²) in [4.78, 5) is 0. The van der Waals surface area contributed by atoms with E-state index in [1.807, 2.05) is 20.8 Å². The molecule has 0 radical (unpaired) electrons. The van der Waals surface area contributed by atoms with Crippen molar-refractivity contribution in [3.63, 3.8) is 0 Å². The van der Waals surface area contributed by atoms with Crippen molar-refractivity contribution in [1.82, 2.24) is 0 Å². The van der Waals surface area contributed by atoms with Crippen LogP contribution in [0.3, 0.4) is 0 Å². The third-order valence-electron chi connectivity index (χ3n) is 1.75. The number of rotatable bonds is 2. The average molecular weight is 289 g/mol. The summed E-state index contributed by atoms with van der Waals surface area (Å²) in [5.41, 5.74) is 5.15. The minimum absolute atomic E-state index is 0.143. The summed E-state index contributed by atoms with van der Waals surface area (Å²) in [6.07, 6.45) is 0. The molecule has 0 bridgehead atoms. The van der Waals surface area contributed by atoms with Crippen LogP contribution in [0.25, 0.3) is 0 Å². The molecule has 0 heterocycles. The number of nitrogens with one attached hydrogen (secondary N) is 1. The summed E-state index contributed by atoms with van der Waals surface area (Å²) in [5, 5.41) is 7.26. The summed E-state index contributed by atoms with van der Waals surface area (Å²) in [6, 6.07) is 3.03. The van der Waals surface area contributed by atoms with E-state index >= 15 is 0 Å². The molecule has 0 atom stereocenters. The maximum absolute atomic E-state index is 13.8. The molecule has 0 fully saturated rings. The molecular formula is C11H14BrFN2O. The molecule has 88 valence electrons. The van der Waals surface area contributed by atoms with E-state index in [0.29, 0.717) is 5.56 Å². The first-order chi connectivity index (χ1) is 7.22. The van der Waals surface area contributed by atoms with Crippen LogP contribution in [0.4, 0.5) is 4.39 Å². The molecule has 3 nitrogen and oxygen atoms in total. The lowest BCUT2D eigenvalue weighted by molar-refractivity contribution is 0.124. The van der Waals surface area contributed by atoms with E-state index in [0.717, 1.165) is 0 Å². The molecule has 0 spiro atoms. The molecule has 0 aliphatic carbocycles. The van der Waals surface area contributed by atoms with E-state index in [2.05, 4.69) is 15.9 Å². The van der Waals surface area contributed by atoms with Crippen LogP contribution in [-0.4, -0.2) is 11.4 Å². The molecule has 1 rings (SSSR count). The van der Waals surface area contributed by atoms with Crippen molar-refractivity contribution in [2.75, 3.05) is 0 Å². The van der Waals surface area contributed by atoms with Gasteiger partial charge in [-0.3, -0.25) is 5.41 Å². The number of nitrogens with two attached hydrogens (primary N) is 1. The van der Waals surface area contributed by atoms with Gasteiger partial charge < -0.3 is 10.5 Å². The van der Waals surface area contributed by atoms with Crippen LogP contribution in [0, 0.1) is 11.2 Å². The highest BCUT2D eigenvalue weighted by molar-refractivity contribution is 9.10. The van der Waals surface area contributed by atoms with Gasteiger partial charge in [0.2, 0.25) is 0 Å². The SMILES string of the molecule is CC(C)(C)Oc1ccc(C(=N)N)c(Br)c1F. The summed E-state index contributed by atoms with van der Waals surface area (Å²) in [5.74, 6) is -0.583. The van der Waals surface area contributed by atoms with Crippen LogP contribution in [0.2, 0.25) is 0 Å². The number of hydrogen-bond acceptors (Lipinski definition) is 2. The van der Waals surface area contributed by atoms with Crippen LogP contribution in [-0.2, 0) is 0 Å². The van der Waals surface area contributed by atoms with Crippen LogP contribution < -0.4 is 10.5 Å². The summed E-state index contributed by atoms with van der Waals surface area (Å²) >= 11 is 3.06. The van der Waals surface area contributed by atoms with Gasteiger partial charge in [0.25, 0.3) is 0 Å². The van der Waals surface area contributed by atoms with E-state index in [9.17, 15) is 4.39 Å². The van der Waals surface area contributed by atoms with E-state index in [4.69, 9.17) is 15.9 Å². The number of nitrogen functional groups attached to an aromatic ring is 1. The first-order valence-electron chi connectivity index (χ1n) is 4.74. The Kier molecular flexibility index (Phi) is 3.57. The maximum Gasteiger partial charge on any atom is 0.179 e. The monoisotopic (exact) mass is 288 g/mol. The number of benzene rings is 1. The third kappa shape index (κ3) is 2.95. The lowest BCUT2D eigenvalue weighted by Gasteiger charge is -2.22. The van der Waals surface area contributed by atoms with Crippen molar-refractivity contribution in [3.05, 3.63) is 28.0 Å². The Balaban J connectivity index is 3.17. The molecule has 16 heavy (non-hydrogen) atoms. The molecule has 0 aliphatic rings. The molecule has 0 aromatic heterocycles. The Bertz CT molecular complexity index is 427. The second kappa shape index (κ2) is 4.41. The van der Waals surface area contributed by atoms with Crippen LogP contribution in [0.15, 0.2) is 16.6 Å². The van der Waals surface area contributed by atoms with Crippen LogP contribution in [0.1, 0.15) is 26.3 Å². The molecule has 0 aliphatic heterocycles. The van der Waals surface area contributed by atoms with Gasteiger partial charge in [-0.25, -0.2) is 4.39 Å². The Morgan fingerprint density at radius 1 is 1.44 bits per heavy atom. The minimum atomic E-state index is -0.539. The van der Waals surface area contributed by atoms with Gasteiger partial charge >= 0.3 is 0 Å². The second-order valence-corrected chi connectivity index (χ2v) is 5.16. The number of ether oxygens (including phenoxy) is 1. The predicted octanol–water partition coefficient (Wildman–Crippen LogP) is 3.05. The second-order valence-electron chi connectivity index (χ2n) is 4.37. The van der Waals surface area contributed by atoms with E-state index in [1.165, 1.54) is 6.07 Å². The normalized spacial score (nSPS) is 11.3. The van der Waals surface area contributed by atoms with Gasteiger partial charge in [0.1, 0.15) is 11.4 Å². The smallest absolute Gasteiger partial charge is 0.179 e. The van der Waals surface area contributed by atoms with Gasteiger partial charge in [0.05, 0.1) is 4.47 Å². The fourth-order valence-corrected chi connectivity index (χ4v) is 1.69. The summed E-state index contributed by atoms with van der Waals surface area (Å²) in [7, 11) is 0. The molecule has 0 amide bonds. The molecular weight excluding hydrogens is 275 g/mol. The fraction of sp³-hybridized carbons (Fsp3) is 0.364. The zero-order valence-electron chi connectivity index (χ0n) is 9.40. The quantitative estimate of drug-likeness (QED) is 0.649. The number of halogens is 2. The third-order valence-corrected chi connectivity index (χ3v) is 2.53. The molecule has 1 aromatic rings. The molecule has 0 unspecified atom stereocenters. The molecule has 0 saturated carbocycles. The lowest BCUT2D eigenvalue weighted by atomic mass is 10.1. The van der Waals surface area contributed by atoms with Gasteiger partial charge in [-0.15, -0.1) is 0 Å². The topological polar surface area (TPSA) is 59.1 Å². The fourth-order valence-electron chi connectivity index (χ4n) is 1.15. The van der Waals surface area contributed by atoms with Gasteiger partial charge in [-0.2, -0.15) is 0 Å². The number of amidine groups is 1. The van der Waals surface area contributed by atoms with Gasteiger partial charge in [0, 0.05) is 5.56 Å². The van der Waals surface area contributed by atoms with E-state index < -0.39 is 11.4 Å². The van der Waals surface area contributed by atoms with E-state index in [1.54, 1.807) is 6.07 Å². The van der Waals surface area contributed by atoms with Crippen molar-refractivity contribution in [2.45, 2.75) is 26.4 Å². The predicted molar refractivity (Wildman–Crippen MR) is 65.5 cm³/mol. The highest BCUT2D eigenvalue weighted by atomic mass is 79.9. The van der Waals surface area contributed by atoms with Gasteiger partial charge in [0.15, 0.2) is 11.6 Å². The first-order valence-corrected chi connectivity index (χ1v) is 5.53. The zero-order valence-corrected chi connectivity index (χ0v) is 11.0. The first kappa shape index (κ1) is 13.0. The zero-order chi connectivity index (χ0) is 12.5. The Hall–Kier alpha value is -1.10. The standard InChI is InChI=1S/C11H14BrFN2O/c1-11(2,3)16-7-5-4-6(10(14)15)8(12)9(7)13/h4-5H,1-3H3,(H3,14,15). The maximum atomic E-state index is 13.8. The van der Waals surface area contributed by atoms with Crippen molar-refractivity contribution >= 4 is 21.8 Å². The Morgan fingerprint density at radius 2 is 2.00 bits per heavy atom. The molecule has 3 N–H and O–H groups in total. The largest absolute Gasteiger partial charge is 0.485 e. The molecule has 1 aromatic carbocycles. The van der Waals surface area contributed by atoms with Gasteiger partial charge in [-0.05, 0) is 48.8 Å². The molecule has 0 saturated heterocycles. The highest BCUT2D eigenvalue weighted by Gasteiger charge is 2.18.